The molecular weight excluding hydrogens is 232 g/mol. The minimum atomic E-state index is -0.257. The first-order chi connectivity index (χ1) is 8.43. The summed E-state index contributed by atoms with van der Waals surface area (Å²) in [6, 6.07) is 0. The second-order valence-corrected chi connectivity index (χ2v) is 4.76. The minimum Gasteiger partial charge on any atom is -0.489 e. The summed E-state index contributed by atoms with van der Waals surface area (Å²) >= 11 is 0. The molecule has 0 saturated heterocycles. The van der Waals surface area contributed by atoms with Crippen molar-refractivity contribution in [2.45, 2.75) is 33.6 Å². The van der Waals surface area contributed by atoms with Gasteiger partial charge in [-0.2, -0.15) is 0 Å². The molecule has 0 bridgehead atoms. The molecule has 1 rings (SSSR count). The van der Waals surface area contributed by atoms with E-state index in [9.17, 15) is 9.59 Å². The van der Waals surface area contributed by atoms with Gasteiger partial charge in [0.05, 0.1) is 14.2 Å². The molecule has 1 aliphatic carbocycles. The Hall–Kier alpha value is -1.58. The molecule has 0 amide bonds. The van der Waals surface area contributed by atoms with Crippen molar-refractivity contribution in [3.05, 3.63) is 22.7 Å². The lowest BCUT2D eigenvalue weighted by Gasteiger charge is -2.20. The van der Waals surface area contributed by atoms with Crippen LogP contribution in [0.4, 0.5) is 0 Å². The fourth-order valence-corrected chi connectivity index (χ4v) is 1.93. The van der Waals surface area contributed by atoms with Crippen molar-refractivity contribution in [2.75, 3.05) is 14.2 Å². The number of ether oxygens (including phenoxy) is 2. The topological polar surface area (TPSA) is 52.6 Å². The van der Waals surface area contributed by atoms with Crippen LogP contribution in [0.15, 0.2) is 22.7 Å². The van der Waals surface area contributed by atoms with Gasteiger partial charge < -0.3 is 9.47 Å². The van der Waals surface area contributed by atoms with Gasteiger partial charge in [-0.05, 0) is 25.7 Å². The molecule has 100 valence electrons. The number of ketones is 2. The van der Waals surface area contributed by atoms with E-state index in [2.05, 4.69) is 13.8 Å². The zero-order chi connectivity index (χ0) is 13.9. The number of rotatable bonds is 5. The number of carbonyl (C=O) groups excluding carboxylic acids is 2. The van der Waals surface area contributed by atoms with Crippen molar-refractivity contribution < 1.29 is 19.1 Å². The molecule has 0 N–H and O–H groups in total. The maximum absolute atomic E-state index is 12.2. The van der Waals surface area contributed by atoms with Crippen molar-refractivity contribution in [2.24, 2.45) is 5.92 Å². The molecule has 0 atom stereocenters. The van der Waals surface area contributed by atoms with Crippen LogP contribution in [-0.4, -0.2) is 25.8 Å². The number of hydrogen-bond acceptors (Lipinski definition) is 4. The Kier molecular flexibility index (Phi) is 4.70. The van der Waals surface area contributed by atoms with Gasteiger partial charge in [-0.25, -0.2) is 0 Å². The van der Waals surface area contributed by atoms with Crippen LogP contribution in [-0.2, 0) is 19.1 Å². The van der Waals surface area contributed by atoms with E-state index in [1.54, 1.807) is 6.92 Å². The highest BCUT2D eigenvalue weighted by Crippen LogP contribution is 2.28. The van der Waals surface area contributed by atoms with Crippen LogP contribution in [0.3, 0.4) is 0 Å². The summed E-state index contributed by atoms with van der Waals surface area (Å²) in [6.07, 6.45) is 1.46. The Bertz CT molecular complexity index is 427. The molecule has 0 aliphatic heterocycles. The average molecular weight is 252 g/mol. The van der Waals surface area contributed by atoms with Gasteiger partial charge in [0.15, 0.2) is 0 Å². The van der Waals surface area contributed by atoms with E-state index in [0.717, 1.165) is 6.42 Å². The van der Waals surface area contributed by atoms with E-state index in [0.29, 0.717) is 23.5 Å². The molecule has 18 heavy (non-hydrogen) atoms. The van der Waals surface area contributed by atoms with Gasteiger partial charge >= 0.3 is 0 Å². The Morgan fingerprint density at radius 3 is 1.94 bits per heavy atom. The zero-order valence-corrected chi connectivity index (χ0v) is 11.6. The fourth-order valence-electron chi connectivity index (χ4n) is 1.93. The lowest BCUT2D eigenvalue weighted by Crippen LogP contribution is -2.25. The Balaban J connectivity index is 3.10. The Morgan fingerprint density at radius 1 is 1.00 bits per heavy atom. The van der Waals surface area contributed by atoms with E-state index in [1.807, 2.05) is 0 Å². The van der Waals surface area contributed by atoms with E-state index < -0.39 is 0 Å². The Labute approximate surface area is 108 Å². The average Bonchev–Trinajstić information content (AvgIpc) is 2.32. The molecule has 0 aromatic carbocycles. The van der Waals surface area contributed by atoms with Crippen LogP contribution in [0.25, 0.3) is 0 Å². The van der Waals surface area contributed by atoms with Crippen LogP contribution < -0.4 is 0 Å². The van der Waals surface area contributed by atoms with Crippen molar-refractivity contribution in [1.82, 2.24) is 0 Å². The summed E-state index contributed by atoms with van der Waals surface area (Å²) in [5.41, 5.74) is 1.02. The molecule has 4 nitrogen and oxygen atoms in total. The van der Waals surface area contributed by atoms with E-state index in [1.165, 1.54) is 14.2 Å². The maximum atomic E-state index is 12.2. The van der Waals surface area contributed by atoms with Gasteiger partial charge in [0, 0.05) is 11.1 Å². The Morgan fingerprint density at radius 2 is 1.50 bits per heavy atom. The van der Waals surface area contributed by atoms with Crippen LogP contribution in [0, 0.1) is 5.92 Å². The highest BCUT2D eigenvalue weighted by molar-refractivity contribution is 6.23. The van der Waals surface area contributed by atoms with Gasteiger partial charge in [-0.15, -0.1) is 0 Å². The minimum absolute atomic E-state index is 0.00768. The monoisotopic (exact) mass is 252 g/mol. The number of methoxy groups -OCH3 is 2. The molecule has 1 aliphatic rings. The van der Waals surface area contributed by atoms with E-state index >= 15 is 0 Å². The number of Topliss-reactive ketones (excluding diaryl/α,β-unsaturated/α-hetero) is 2. The van der Waals surface area contributed by atoms with Gasteiger partial charge in [-0.3, -0.25) is 9.59 Å². The van der Waals surface area contributed by atoms with Crippen molar-refractivity contribution in [3.63, 3.8) is 0 Å². The molecule has 0 spiro atoms. The predicted octanol–water partition coefficient (Wildman–Crippen LogP) is 2.40. The van der Waals surface area contributed by atoms with Gasteiger partial charge in [0.25, 0.3) is 0 Å². The number of allylic oxidation sites excluding steroid dienone is 2. The zero-order valence-electron chi connectivity index (χ0n) is 11.6. The molecule has 0 unspecified atom stereocenters. The van der Waals surface area contributed by atoms with Crippen LogP contribution in [0.1, 0.15) is 33.6 Å². The summed E-state index contributed by atoms with van der Waals surface area (Å²) in [4.78, 5) is 24.3. The first kappa shape index (κ1) is 14.5. The first-order valence-electron chi connectivity index (χ1n) is 6.05. The smallest absolute Gasteiger partial charge is 0.228 e. The molecule has 4 heteroatoms. The van der Waals surface area contributed by atoms with Crippen LogP contribution in [0.2, 0.25) is 0 Å². The SMILES string of the molecule is COC1=C(OC)C(=O)C(CCC(C)C)=C(C)C1=O. The molecular formula is C14H20O4. The third-order valence-corrected chi connectivity index (χ3v) is 3.07. The lowest BCUT2D eigenvalue weighted by atomic mass is 9.88. The normalized spacial score (nSPS) is 16.8. The molecule has 0 aromatic heterocycles. The van der Waals surface area contributed by atoms with Gasteiger partial charge in [-0.1, -0.05) is 13.8 Å². The summed E-state index contributed by atoms with van der Waals surface area (Å²) in [6.45, 7) is 5.83. The van der Waals surface area contributed by atoms with Gasteiger partial charge in [0.1, 0.15) is 0 Å². The predicted molar refractivity (Wildman–Crippen MR) is 67.8 cm³/mol. The second kappa shape index (κ2) is 5.85. The fraction of sp³-hybridized carbons (Fsp3) is 0.571. The standard InChI is InChI=1S/C14H20O4/c1-8(2)6-7-10-9(3)11(15)13(17-4)14(18-5)12(10)16/h8H,6-7H2,1-5H3. The number of hydrogen-bond donors (Lipinski definition) is 0. The maximum Gasteiger partial charge on any atom is 0.228 e. The first-order valence-corrected chi connectivity index (χ1v) is 6.05. The molecule has 0 heterocycles. The molecule has 0 fully saturated rings. The molecule has 0 aromatic rings. The summed E-state index contributed by atoms with van der Waals surface area (Å²) in [5, 5.41) is 0. The van der Waals surface area contributed by atoms with E-state index in [4.69, 9.17) is 9.47 Å². The molecule has 0 radical (unpaired) electrons. The van der Waals surface area contributed by atoms with Crippen molar-refractivity contribution in [1.29, 1.82) is 0 Å². The van der Waals surface area contributed by atoms with Crippen molar-refractivity contribution in [3.8, 4) is 0 Å². The number of carbonyl (C=O) groups is 2. The van der Waals surface area contributed by atoms with Crippen molar-refractivity contribution >= 4 is 11.6 Å². The third-order valence-electron chi connectivity index (χ3n) is 3.07. The third kappa shape index (κ3) is 2.63. The quantitative estimate of drug-likeness (QED) is 0.705. The van der Waals surface area contributed by atoms with Crippen LogP contribution >= 0.6 is 0 Å². The second-order valence-electron chi connectivity index (χ2n) is 4.76. The highest BCUT2D eigenvalue weighted by atomic mass is 16.5. The lowest BCUT2D eigenvalue weighted by molar-refractivity contribution is -0.121. The van der Waals surface area contributed by atoms with E-state index in [-0.39, 0.29) is 23.1 Å². The van der Waals surface area contributed by atoms with Crippen LogP contribution in [0.5, 0.6) is 0 Å². The summed E-state index contributed by atoms with van der Waals surface area (Å²) in [7, 11) is 2.74. The summed E-state index contributed by atoms with van der Waals surface area (Å²) < 4.78 is 9.98. The van der Waals surface area contributed by atoms with Gasteiger partial charge in [0.2, 0.25) is 23.1 Å². The largest absolute Gasteiger partial charge is 0.489 e. The summed E-state index contributed by atoms with van der Waals surface area (Å²) in [5.74, 6) is 0.0203. The highest BCUT2D eigenvalue weighted by Gasteiger charge is 2.34. The molecule has 0 saturated carbocycles.